The number of rotatable bonds is 4. The predicted molar refractivity (Wildman–Crippen MR) is 80.5 cm³/mol. The van der Waals surface area contributed by atoms with Gasteiger partial charge in [-0.15, -0.1) is 0 Å². The normalized spacial score (nSPS) is 10.3. The minimum atomic E-state index is -0.519. The maximum atomic E-state index is 11.1. The van der Waals surface area contributed by atoms with Gasteiger partial charge in [0.15, 0.2) is 0 Å². The van der Waals surface area contributed by atoms with Crippen LogP contribution in [0.2, 0.25) is 0 Å². The number of hydrogen-bond donors (Lipinski definition) is 2. The highest BCUT2D eigenvalue weighted by Gasteiger charge is 2.21. The van der Waals surface area contributed by atoms with E-state index < -0.39 is 4.92 Å². The Morgan fingerprint density at radius 2 is 1.90 bits per heavy atom. The largest absolute Gasteiger partial charge is 0.330 e. The van der Waals surface area contributed by atoms with Crippen LogP contribution >= 0.6 is 0 Å². The number of nitrogens with one attached hydrogen (secondary N) is 1. The molecule has 1 aromatic carbocycles. The average Bonchev–Trinajstić information content (AvgIpc) is 2.44. The van der Waals surface area contributed by atoms with Crippen LogP contribution in [0.4, 0.5) is 23.1 Å². The van der Waals surface area contributed by atoms with Crippen LogP contribution in [0.5, 0.6) is 0 Å². The molecule has 0 amide bonds. The molecule has 110 valence electrons. The maximum Gasteiger partial charge on any atom is 0.330 e. The molecule has 8 heteroatoms. The van der Waals surface area contributed by atoms with Gasteiger partial charge >= 0.3 is 5.69 Å². The van der Waals surface area contributed by atoms with Crippen LogP contribution in [0.25, 0.3) is 0 Å². The van der Waals surface area contributed by atoms with Crippen LogP contribution < -0.4 is 16.2 Å². The molecular formula is C13H16N6O2. The maximum absolute atomic E-state index is 11.1. The lowest BCUT2D eigenvalue weighted by Crippen LogP contribution is -2.17. The molecule has 0 spiro atoms. The molecule has 2 rings (SSSR count). The molecule has 21 heavy (non-hydrogen) atoms. The van der Waals surface area contributed by atoms with E-state index in [0.29, 0.717) is 0 Å². The molecule has 0 saturated heterocycles. The Morgan fingerprint density at radius 1 is 1.29 bits per heavy atom. The highest BCUT2D eigenvalue weighted by Crippen LogP contribution is 2.31. The van der Waals surface area contributed by atoms with Crippen LogP contribution in [-0.4, -0.2) is 21.9 Å². The van der Waals surface area contributed by atoms with Gasteiger partial charge in [-0.25, -0.2) is 10.8 Å². The number of anilines is 3. The van der Waals surface area contributed by atoms with Crippen LogP contribution in [0, 0.1) is 24.0 Å². The van der Waals surface area contributed by atoms with E-state index in [0.717, 1.165) is 23.0 Å². The minimum Gasteiger partial charge on any atom is -0.324 e. The van der Waals surface area contributed by atoms with Crippen molar-refractivity contribution in [3.8, 4) is 0 Å². The van der Waals surface area contributed by atoms with Crippen molar-refractivity contribution < 1.29 is 4.92 Å². The van der Waals surface area contributed by atoms with Gasteiger partial charge in [-0.3, -0.25) is 15.5 Å². The number of hydrazine groups is 1. The fourth-order valence-corrected chi connectivity index (χ4v) is 2.08. The zero-order chi connectivity index (χ0) is 15.6. The van der Waals surface area contributed by atoms with Gasteiger partial charge in [0.1, 0.15) is 6.20 Å². The summed E-state index contributed by atoms with van der Waals surface area (Å²) in [4.78, 5) is 20.1. The van der Waals surface area contributed by atoms with E-state index in [4.69, 9.17) is 5.84 Å². The van der Waals surface area contributed by atoms with Crippen LogP contribution in [0.15, 0.2) is 24.4 Å². The van der Waals surface area contributed by atoms with Gasteiger partial charge in [0.2, 0.25) is 11.8 Å². The van der Waals surface area contributed by atoms with Crippen molar-refractivity contribution in [2.45, 2.75) is 13.8 Å². The van der Waals surface area contributed by atoms with Crippen molar-refractivity contribution >= 4 is 23.1 Å². The van der Waals surface area contributed by atoms with E-state index in [9.17, 15) is 10.1 Å². The van der Waals surface area contributed by atoms with Crippen LogP contribution in [0.1, 0.15) is 11.1 Å². The molecule has 0 saturated carbocycles. The summed E-state index contributed by atoms with van der Waals surface area (Å²) in [5, 5.41) is 11.1. The van der Waals surface area contributed by atoms with Crippen molar-refractivity contribution in [3.63, 3.8) is 0 Å². The molecule has 0 fully saturated rings. The lowest BCUT2D eigenvalue weighted by atomic mass is 10.1. The summed E-state index contributed by atoms with van der Waals surface area (Å²) in [7, 11) is 1.71. The van der Waals surface area contributed by atoms with Crippen molar-refractivity contribution in [2.75, 3.05) is 17.4 Å². The number of nitrogens with zero attached hydrogens (tertiary/aromatic N) is 4. The topological polar surface area (TPSA) is 110 Å². The van der Waals surface area contributed by atoms with Gasteiger partial charge in [0, 0.05) is 12.7 Å². The highest BCUT2D eigenvalue weighted by molar-refractivity contribution is 5.69. The zero-order valence-corrected chi connectivity index (χ0v) is 12.0. The highest BCUT2D eigenvalue weighted by atomic mass is 16.6. The number of aromatic nitrogens is 2. The average molecular weight is 288 g/mol. The quantitative estimate of drug-likeness (QED) is 0.503. The number of nitrogen functional groups attached to an aromatic ring is 1. The first-order valence-electron chi connectivity index (χ1n) is 6.22. The molecule has 0 unspecified atom stereocenters. The van der Waals surface area contributed by atoms with Gasteiger partial charge in [-0.2, -0.15) is 4.98 Å². The third kappa shape index (κ3) is 3.06. The second-order valence-corrected chi connectivity index (χ2v) is 4.71. The van der Waals surface area contributed by atoms with Crippen LogP contribution in [-0.2, 0) is 0 Å². The first-order chi connectivity index (χ1) is 9.92. The SMILES string of the molecule is Cc1cc(C)cc(N(C)c2nc(NN)ncc2[N+](=O)[O-])c1. The molecule has 1 aromatic heterocycles. The molecule has 0 bridgehead atoms. The molecule has 0 aliphatic heterocycles. The lowest BCUT2D eigenvalue weighted by Gasteiger charge is -2.19. The fourth-order valence-electron chi connectivity index (χ4n) is 2.08. The number of nitro groups is 1. The molecule has 1 heterocycles. The summed E-state index contributed by atoms with van der Waals surface area (Å²) in [5.74, 6) is 5.56. The second-order valence-electron chi connectivity index (χ2n) is 4.71. The molecule has 0 atom stereocenters. The zero-order valence-electron chi connectivity index (χ0n) is 12.0. The molecule has 0 aliphatic rings. The van der Waals surface area contributed by atoms with E-state index in [1.165, 1.54) is 0 Å². The lowest BCUT2D eigenvalue weighted by molar-refractivity contribution is -0.384. The molecular weight excluding hydrogens is 272 g/mol. The van der Waals surface area contributed by atoms with Gasteiger partial charge in [-0.1, -0.05) is 6.07 Å². The second kappa shape index (κ2) is 5.71. The Bertz CT molecular complexity index is 668. The Labute approximate surface area is 121 Å². The Hall–Kier alpha value is -2.74. The van der Waals surface area contributed by atoms with Crippen molar-refractivity contribution in [1.82, 2.24) is 9.97 Å². The van der Waals surface area contributed by atoms with Crippen LogP contribution in [0.3, 0.4) is 0 Å². The fraction of sp³-hybridized carbons (Fsp3) is 0.231. The predicted octanol–water partition coefficient (Wildman–Crippen LogP) is 2.06. The molecule has 0 aliphatic carbocycles. The van der Waals surface area contributed by atoms with E-state index in [2.05, 4.69) is 15.4 Å². The summed E-state index contributed by atoms with van der Waals surface area (Å²) < 4.78 is 0. The van der Waals surface area contributed by atoms with Gasteiger partial charge in [0.25, 0.3) is 0 Å². The third-order valence-corrected chi connectivity index (χ3v) is 2.99. The summed E-state index contributed by atoms with van der Waals surface area (Å²) in [6, 6.07) is 5.88. The minimum absolute atomic E-state index is 0.117. The standard InChI is InChI=1S/C13H16N6O2/c1-8-4-9(2)6-10(5-8)18(3)12-11(19(20)21)7-15-13(16-12)17-14/h4-7H,14H2,1-3H3,(H,15,16,17). The number of nitrogens with two attached hydrogens (primary N) is 1. The molecule has 2 aromatic rings. The Kier molecular flexibility index (Phi) is 3.99. The third-order valence-electron chi connectivity index (χ3n) is 2.99. The van der Waals surface area contributed by atoms with E-state index in [1.807, 2.05) is 32.0 Å². The smallest absolute Gasteiger partial charge is 0.324 e. The van der Waals surface area contributed by atoms with E-state index >= 15 is 0 Å². The van der Waals surface area contributed by atoms with E-state index in [1.54, 1.807) is 11.9 Å². The molecule has 3 N–H and O–H groups in total. The van der Waals surface area contributed by atoms with E-state index in [-0.39, 0.29) is 17.5 Å². The summed E-state index contributed by atoms with van der Waals surface area (Å²) in [6.45, 7) is 3.93. The van der Waals surface area contributed by atoms with Gasteiger partial charge < -0.3 is 4.90 Å². The van der Waals surface area contributed by atoms with Gasteiger partial charge in [-0.05, 0) is 37.1 Å². The number of benzene rings is 1. The number of hydrogen-bond acceptors (Lipinski definition) is 7. The van der Waals surface area contributed by atoms with Crippen molar-refractivity contribution in [3.05, 3.63) is 45.6 Å². The molecule has 0 radical (unpaired) electrons. The first kappa shape index (κ1) is 14.7. The monoisotopic (exact) mass is 288 g/mol. The molecule has 8 nitrogen and oxygen atoms in total. The van der Waals surface area contributed by atoms with Crippen molar-refractivity contribution in [1.29, 1.82) is 0 Å². The van der Waals surface area contributed by atoms with Gasteiger partial charge in [0.05, 0.1) is 4.92 Å². The Balaban J connectivity index is 2.55. The summed E-state index contributed by atoms with van der Waals surface area (Å²) >= 11 is 0. The first-order valence-corrected chi connectivity index (χ1v) is 6.22. The Morgan fingerprint density at radius 3 is 2.43 bits per heavy atom. The summed E-state index contributed by atoms with van der Waals surface area (Å²) in [5.41, 5.74) is 5.03. The van der Waals surface area contributed by atoms with Crippen molar-refractivity contribution in [2.24, 2.45) is 5.84 Å². The summed E-state index contributed by atoms with van der Waals surface area (Å²) in [6.07, 6.45) is 1.14. The number of aryl methyl sites for hydroxylation is 2.